The number of carbonyl (C=O) groups is 2. The molecular weight excluding hydrogens is 682 g/mol. The summed E-state index contributed by atoms with van der Waals surface area (Å²) in [4.78, 5) is 39.2. The minimum absolute atomic E-state index is 0.0927. The first-order valence-corrected chi connectivity index (χ1v) is 14.4. The molecule has 1 aliphatic rings. The van der Waals surface area contributed by atoms with Gasteiger partial charge in [0.1, 0.15) is 17.8 Å². The molecule has 0 saturated carbocycles. The van der Waals surface area contributed by atoms with Gasteiger partial charge in [-0.3, -0.25) is 14.5 Å². The van der Waals surface area contributed by atoms with Crippen LogP contribution in [0.2, 0.25) is 5.02 Å². The van der Waals surface area contributed by atoms with Gasteiger partial charge in [-0.1, -0.05) is 47.6 Å². The third-order valence-corrected chi connectivity index (χ3v) is 7.11. The number of amides is 3. The van der Waals surface area contributed by atoms with E-state index < -0.39 is 31.1 Å². The van der Waals surface area contributed by atoms with Gasteiger partial charge in [0, 0.05) is 10.6 Å². The van der Waals surface area contributed by atoms with Gasteiger partial charge in [0.15, 0.2) is 17.6 Å². The van der Waals surface area contributed by atoms with Gasteiger partial charge in [0.2, 0.25) is 5.91 Å². The van der Waals surface area contributed by atoms with E-state index in [-0.39, 0.29) is 39.7 Å². The van der Waals surface area contributed by atoms with Gasteiger partial charge in [0.05, 0.1) is 23.7 Å². The predicted molar refractivity (Wildman–Crippen MR) is 157 cm³/mol. The van der Waals surface area contributed by atoms with Crippen LogP contribution in [0.15, 0.2) is 78.0 Å². The summed E-state index contributed by atoms with van der Waals surface area (Å²) in [6.07, 6.45) is -8.04. The third-order valence-electron chi connectivity index (χ3n) is 5.95. The number of aliphatic imine (C=N–C) groups is 1. The van der Waals surface area contributed by atoms with E-state index in [0.29, 0.717) is 22.6 Å². The predicted octanol–water partition coefficient (Wildman–Crippen LogP) is 6.70. The molecule has 3 amide bonds. The molecular formula is C28H19ClF6N6O5S. The molecule has 47 heavy (non-hydrogen) atoms. The van der Waals surface area contributed by atoms with E-state index >= 15 is 0 Å². The summed E-state index contributed by atoms with van der Waals surface area (Å²) in [5, 5.41) is 4.31. The van der Waals surface area contributed by atoms with E-state index in [2.05, 4.69) is 25.3 Å². The molecule has 1 saturated heterocycles. The first-order chi connectivity index (χ1) is 22.2. The van der Waals surface area contributed by atoms with Gasteiger partial charge in [-0.05, 0) is 48.0 Å². The fraction of sp³-hybridized carbons (Fsp3) is 0.179. The number of nitrogens with zero attached hydrogens (tertiary/aromatic N) is 5. The molecule has 0 unspecified atom stereocenters. The quantitative estimate of drug-likeness (QED) is 0.151. The van der Waals surface area contributed by atoms with Crippen molar-refractivity contribution in [2.45, 2.75) is 19.1 Å². The second-order valence-corrected chi connectivity index (χ2v) is 10.8. The summed E-state index contributed by atoms with van der Waals surface area (Å²) < 4.78 is 85.4. The zero-order chi connectivity index (χ0) is 33.8. The summed E-state index contributed by atoms with van der Waals surface area (Å²) in [7, 11) is 0. The van der Waals surface area contributed by atoms with Crippen LogP contribution in [0.5, 0.6) is 11.5 Å². The number of alkyl halides is 6. The Morgan fingerprint density at radius 3 is 2.43 bits per heavy atom. The zero-order valence-electron chi connectivity index (χ0n) is 23.4. The van der Waals surface area contributed by atoms with E-state index in [1.807, 2.05) is 0 Å². The van der Waals surface area contributed by atoms with Crippen LogP contribution in [0, 0.1) is 0 Å². The summed E-state index contributed by atoms with van der Waals surface area (Å²) in [6, 6.07) is 14.5. The SMILES string of the molecule is O=C(/N=C1\SCC(=O)N1c1cc(Cl)ccc1OCC(F)(F)F)NOCc1ccc(-c2ncn(-c3ccc(OC(F)(F)F)cc3)n2)cc1. The van der Waals surface area contributed by atoms with Gasteiger partial charge < -0.3 is 9.47 Å². The molecule has 1 N–H and O–H groups in total. The van der Waals surface area contributed by atoms with Crippen LogP contribution >= 0.6 is 23.4 Å². The fourth-order valence-corrected chi connectivity index (χ4v) is 5.01. The number of nitrogens with one attached hydrogen (secondary N) is 1. The lowest BCUT2D eigenvalue weighted by Crippen LogP contribution is -2.32. The highest BCUT2D eigenvalue weighted by Gasteiger charge is 2.35. The van der Waals surface area contributed by atoms with Crippen molar-refractivity contribution in [3.8, 4) is 28.6 Å². The van der Waals surface area contributed by atoms with Crippen molar-refractivity contribution >= 4 is 46.2 Å². The van der Waals surface area contributed by atoms with Gasteiger partial charge >= 0.3 is 18.6 Å². The molecule has 3 aromatic carbocycles. The molecule has 0 radical (unpaired) electrons. The number of amidine groups is 1. The highest BCUT2D eigenvalue weighted by Crippen LogP contribution is 2.37. The van der Waals surface area contributed by atoms with Crippen molar-refractivity contribution in [3.63, 3.8) is 0 Å². The Hall–Kier alpha value is -4.81. The number of hydrogen-bond acceptors (Lipinski definition) is 8. The smallest absolute Gasteiger partial charge is 0.482 e. The highest BCUT2D eigenvalue weighted by atomic mass is 35.5. The maximum Gasteiger partial charge on any atom is 0.573 e. The Bertz CT molecular complexity index is 1780. The molecule has 0 spiro atoms. The van der Waals surface area contributed by atoms with Crippen LogP contribution in [-0.2, 0) is 16.2 Å². The fourth-order valence-electron chi connectivity index (χ4n) is 3.99. The molecule has 4 aromatic rings. The van der Waals surface area contributed by atoms with Crippen LogP contribution in [0.25, 0.3) is 17.1 Å². The standard InChI is InChI=1S/C28H19ClF6N6O5S/c29-18-5-10-22(44-14-27(30,31)32)21(11-18)41-23(42)13-47-26(41)37-25(43)39-45-12-16-1-3-17(4-2-16)24-36-15-40(38-24)19-6-8-20(9-7-19)46-28(33,34)35/h1-11,15H,12-14H2,(H,39,43)/b37-26-. The van der Waals surface area contributed by atoms with E-state index in [4.69, 9.17) is 21.2 Å². The lowest BCUT2D eigenvalue weighted by molar-refractivity contribution is -0.274. The molecule has 1 aliphatic heterocycles. The molecule has 19 heteroatoms. The summed E-state index contributed by atoms with van der Waals surface area (Å²) >= 11 is 6.88. The van der Waals surface area contributed by atoms with Crippen LogP contribution < -0.4 is 19.9 Å². The second kappa shape index (κ2) is 13.9. The highest BCUT2D eigenvalue weighted by molar-refractivity contribution is 8.15. The molecule has 0 atom stereocenters. The van der Waals surface area contributed by atoms with E-state index in [1.165, 1.54) is 41.3 Å². The Labute approximate surface area is 270 Å². The Morgan fingerprint density at radius 2 is 1.74 bits per heavy atom. The monoisotopic (exact) mass is 700 g/mol. The molecule has 2 heterocycles. The lowest BCUT2D eigenvalue weighted by atomic mass is 10.1. The number of urea groups is 1. The zero-order valence-corrected chi connectivity index (χ0v) is 25.0. The number of thioether (sulfide) groups is 1. The van der Waals surface area contributed by atoms with Gasteiger partial charge in [0.25, 0.3) is 0 Å². The van der Waals surface area contributed by atoms with Crippen LogP contribution in [-0.4, -0.2) is 56.8 Å². The molecule has 0 aliphatic carbocycles. The van der Waals surface area contributed by atoms with Crippen LogP contribution in [0.1, 0.15) is 5.56 Å². The minimum Gasteiger partial charge on any atom is -0.482 e. The molecule has 1 aromatic heterocycles. The van der Waals surface area contributed by atoms with Gasteiger partial charge in [-0.15, -0.1) is 18.3 Å². The van der Waals surface area contributed by atoms with Crippen molar-refractivity contribution < 1.29 is 50.2 Å². The largest absolute Gasteiger partial charge is 0.573 e. The molecule has 5 rings (SSSR count). The third kappa shape index (κ3) is 9.14. The Morgan fingerprint density at radius 1 is 1.02 bits per heavy atom. The number of anilines is 1. The number of ether oxygens (including phenoxy) is 2. The average Bonchev–Trinajstić information content (AvgIpc) is 3.63. The van der Waals surface area contributed by atoms with Crippen LogP contribution in [0.4, 0.5) is 36.8 Å². The molecule has 11 nitrogen and oxygen atoms in total. The number of benzene rings is 3. The lowest BCUT2D eigenvalue weighted by Gasteiger charge is -2.20. The number of hydrogen-bond donors (Lipinski definition) is 1. The second-order valence-electron chi connectivity index (χ2n) is 9.38. The first-order valence-electron chi connectivity index (χ1n) is 13.1. The Balaban J connectivity index is 1.17. The van der Waals surface area contributed by atoms with Crippen molar-refractivity contribution in [1.29, 1.82) is 0 Å². The maximum atomic E-state index is 12.7. The minimum atomic E-state index is -4.80. The molecule has 1 fully saturated rings. The topological polar surface area (TPSA) is 120 Å². The van der Waals surface area contributed by atoms with Crippen molar-refractivity contribution in [2.75, 3.05) is 17.3 Å². The van der Waals surface area contributed by atoms with Gasteiger partial charge in [-0.25, -0.2) is 19.9 Å². The van der Waals surface area contributed by atoms with E-state index in [1.54, 1.807) is 24.3 Å². The van der Waals surface area contributed by atoms with Gasteiger partial charge in [-0.2, -0.15) is 18.2 Å². The van der Waals surface area contributed by atoms with Crippen LogP contribution in [0.3, 0.4) is 0 Å². The van der Waals surface area contributed by atoms with Crippen molar-refractivity contribution in [2.24, 2.45) is 4.99 Å². The normalized spacial score (nSPS) is 14.5. The maximum absolute atomic E-state index is 12.7. The number of aromatic nitrogens is 3. The van der Waals surface area contributed by atoms with Crippen molar-refractivity contribution in [3.05, 3.63) is 83.6 Å². The van der Waals surface area contributed by atoms with E-state index in [9.17, 15) is 35.9 Å². The number of carbonyl (C=O) groups excluding carboxylic acids is 2. The number of rotatable bonds is 9. The summed E-state index contributed by atoms with van der Waals surface area (Å²) in [5.74, 6) is -1.03. The van der Waals surface area contributed by atoms with Crippen molar-refractivity contribution in [1.82, 2.24) is 20.2 Å². The number of hydroxylamine groups is 1. The van der Waals surface area contributed by atoms with E-state index in [0.717, 1.165) is 28.8 Å². The molecule has 246 valence electrons. The average molecular weight is 701 g/mol. The summed E-state index contributed by atoms with van der Waals surface area (Å²) in [5.41, 5.74) is 3.69. The summed E-state index contributed by atoms with van der Waals surface area (Å²) in [6.45, 7) is -1.70. The number of halogens is 7. The first kappa shape index (κ1) is 33.6. The molecule has 0 bridgehead atoms. The Kier molecular flexibility index (Phi) is 9.92.